The van der Waals surface area contributed by atoms with Crippen LogP contribution in [0, 0.1) is 12.7 Å². The highest BCUT2D eigenvalue weighted by Gasteiger charge is 2.08. The highest BCUT2D eigenvalue weighted by Crippen LogP contribution is 2.08. The van der Waals surface area contributed by atoms with Crippen molar-refractivity contribution in [2.75, 3.05) is 6.54 Å². The molecule has 0 atom stereocenters. The van der Waals surface area contributed by atoms with E-state index in [1.54, 1.807) is 0 Å². The van der Waals surface area contributed by atoms with Crippen molar-refractivity contribution in [3.8, 4) is 0 Å². The fourth-order valence-electron chi connectivity index (χ4n) is 2.14. The topological polar surface area (TPSA) is 72.2 Å². The minimum atomic E-state index is -0.372. The quantitative estimate of drug-likeness (QED) is 0.760. The Morgan fingerprint density at radius 2 is 1.96 bits per heavy atom. The molecule has 0 saturated heterocycles. The zero-order valence-corrected chi connectivity index (χ0v) is 13.0. The number of hydrogen-bond donors (Lipinski definition) is 1. The molecular weight excluding hydrogens is 299 g/mol. The predicted molar refractivity (Wildman–Crippen MR) is 82.5 cm³/mol. The zero-order chi connectivity index (χ0) is 16.7. The molecule has 0 fully saturated rings. The molecule has 0 radical (unpaired) electrons. The summed E-state index contributed by atoms with van der Waals surface area (Å²) in [7, 11) is 0. The molecule has 0 aliphatic heterocycles. The van der Waals surface area contributed by atoms with Crippen LogP contribution in [0.25, 0.3) is 0 Å². The molecule has 0 bridgehead atoms. The molecule has 23 heavy (non-hydrogen) atoms. The summed E-state index contributed by atoms with van der Waals surface area (Å²) in [6.45, 7) is 2.30. The summed E-state index contributed by atoms with van der Waals surface area (Å²) in [6.07, 6.45) is 1.62. The van der Waals surface area contributed by atoms with Gasteiger partial charge in [-0.25, -0.2) is 4.39 Å². The lowest BCUT2D eigenvalue weighted by atomic mass is 10.1. The molecular formula is C17H19FN2O3. The first kappa shape index (κ1) is 16.9. The first-order valence-corrected chi connectivity index (χ1v) is 7.52. The van der Waals surface area contributed by atoms with Crippen molar-refractivity contribution in [2.24, 2.45) is 0 Å². The first-order valence-electron chi connectivity index (χ1n) is 7.52. The Bertz CT molecular complexity index is 665. The van der Waals surface area contributed by atoms with E-state index in [4.69, 9.17) is 4.52 Å². The van der Waals surface area contributed by atoms with Gasteiger partial charge >= 0.3 is 0 Å². The number of halogens is 1. The van der Waals surface area contributed by atoms with E-state index in [0.717, 1.165) is 11.5 Å². The number of carbonyl (C=O) groups is 2. The minimum absolute atomic E-state index is 0.0872. The number of aromatic nitrogens is 1. The van der Waals surface area contributed by atoms with Crippen LogP contribution in [-0.4, -0.2) is 23.4 Å². The van der Waals surface area contributed by atoms with Crippen molar-refractivity contribution >= 4 is 11.7 Å². The summed E-state index contributed by atoms with van der Waals surface area (Å²) in [6, 6.07) is 7.25. The number of hydrogen-bond acceptors (Lipinski definition) is 4. The van der Waals surface area contributed by atoms with Crippen molar-refractivity contribution in [3.63, 3.8) is 0 Å². The standard InChI is InChI=1S/C17H19FN2O3/c1-12-11-15(20-23-12)9-10-19-17(22)4-2-3-16(21)13-5-7-14(18)8-6-13/h5-8,11H,2-4,9-10H2,1H3,(H,19,22). The van der Waals surface area contributed by atoms with Crippen LogP contribution in [0.1, 0.15) is 41.1 Å². The second kappa shape index (κ2) is 8.22. The number of aryl methyl sites for hydroxylation is 1. The average molecular weight is 318 g/mol. The smallest absolute Gasteiger partial charge is 0.220 e. The van der Waals surface area contributed by atoms with E-state index in [9.17, 15) is 14.0 Å². The zero-order valence-electron chi connectivity index (χ0n) is 13.0. The Hall–Kier alpha value is -2.50. The van der Waals surface area contributed by atoms with Crippen LogP contribution in [-0.2, 0) is 11.2 Å². The van der Waals surface area contributed by atoms with Gasteiger partial charge < -0.3 is 9.84 Å². The number of rotatable bonds is 8. The van der Waals surface area contributed by atoms with E-state index in [2.05, 4.69) is 10.5 Å². The summed E-state index contributed by atoms with van der Waals surface area (Å²) in [5.74, 6) is 0.182. The highest BCUT2D eigenvalue weighted by molar-refractivity contribution is 5.96. The van der Waals surface area contributed by atoms with Crippen LogP contribution in [0.4, 0.5) is 4.39 Å². The molecule has 2 aromatic rings. The van der Waals surface area contributed by atoms with Crippen LogP contribution >= 0.6 is 0 Å². The fourth-order valence-corrected chi connectivity index (χ4v) is 2.14. The third kappa shape index (κ3) is 5.65. The van der Waals surface area contributed by atoms with E-state index < -0.39 is 0 Å². The van der Waals surface area contributed by atoms with Gasteiger partial charge in [-0.2, -0.15) is 0 Å². The van der Waals surface area contributed by atoms with E-state index in [1.807, 2.05) is 13.0 Å². The molecule has 1 aromatic carbocycles. The van der Waals surface area contributed by atoms with Crippen LogP contribution in [0.5, 0.6) is 0 Å². The summed E-state index contributed by atoms with van der Waals surface area (Å²) < 4.78 is 17.7. The molecule has 0 saturated carbocycles. The molecule has 122 valence electrons. The summed E-state index contributed by atoms with van der Waals surface area (Å²) >= 11 is 0. The van der Waals surface area contributed by atoms with Crippen LogP contribution in [0.3, 0.4) is 0 Å². The third-order valence-corrected chi connectivity index (χ3v) is 3.35. The maximum absolute atomic E-state index is 12.8. The fraction of sp³-hybridized carbons (Fsp3) is 0.353. The Balaban J connectivity index is 1.62. The van der Waals surface area contributed by atoms with Gasteiger partial charge in [0.25, 0.3) is 0 Å². The van der Waals surface area contributed by atoms with E-state index >= 15 is 0 Å². The number of nitrogens with one attached hydrogen (secondary N) is 1. The van der Waals surface area contributed by atoms with E-state index in [0.29, 0.717) is 24.9 Å². The molecule has 0 aliphatic rings. The largest absolute Gasteiger partial charge is 0.361 e. The maximum Gasteiger partial charge on any atom is 0.220 e. The second-order valence-corrected chi connectivity index (χ2v) is 5.31. The van der Waals surface area contributed by atoms with Crippen molar-refractivity contribution in [2.45, 2.75) is 32.6 Å². The van der Waals surface area contributed by atoms with Gasteiger partial charge in [0.2, 0.25) is 5.91 Å². The van der Waals surface area contributed by atoms with Crippen molar-refractivity contribution < 1.29 is 18.5 Å². The summed E-state index contributed by atoms with van der Waals surface area (Å²) in [4.78, 5) is 23.6. The number of benzene rings is 1. The average Bonchev–Trinajstić information content (AvgIpc) is 2.93. The SMILES string of the molecule is Cc1cc(CCNC(=O)CCCC(=O)c2ccc(F)cc2)no1. The molecule has 1 N–H and O–H groups in total. The molecule has 0 unspecified atom stereocenters. The van der Waals surface area contributed by atoms with Crippen LogP contribution in [0.15, 0.2) is 34.9 Å². The van der Waals surface area contributed by atoms with Crippen molar-refractivity contribution in [3.05, 3.63) is 53.2 Å². The lowest BCUT2D eigenvalue weighted by Crippen LogP contribution is -2.25. The van der Waals surface area contributed by atoms with Gasteiger partial charge in [0.1, 0.15) is 11.6 Å². The monoisotopic (exact) mass is 318 g/mol. The Morgan fingerprint density at radius 1 is 1.22 bits per heavy atom. The Kier molecular flexibility index (Phi) is 6.02. The molecule has 1 aromatic heterocycles. The van der Waals surface area contributed by atoms with E-state index in [1.165, 1.54) is 24.3 Å². The van der Waals surface area contributed by atoms with Gasteiger partial charge in [-0.1, -0.05) is 5.16 Å². The Labute approximate surface area is 133 Å². The third-order valence-electron chi connectivity index (χ3n) is 3.35. The molecule has 2 rings (SSSR count). The molecule has 5 nitrogen and oxygen atoms in total. The number of nitrogens with zero attached hydrogens (tertiary/aromatic N) is 1. The van der Waals surface area contributed by atoms with Gasteiger partial charge in [-0.3, -0.25) is 9.59 Å². The number of amides is 1. The number of ketones is 1. The summed E-state index contributed by atoms with van der Waals surface area (Å²) in [5, 5.41) is 6.62. The molecule has 1 amide bonds. The van der Waals surface area contributed by atoms with Crippen LogP contribution in [0.2, 0.25) is 0 Å². The lowest BCUT2D eigenvalue weighted by molar-refractivity contribution is -0.121. The van der Waals surface area contributed by atoms with Gasteiger partial charge in [-0.15, -0.1) is 0 Å². The van der Waals surface area contributed by atoms with Gasteiger partial charge in [0, 0.05) is 37.4 Å². The van der Waals surface area contributed by atoms with Gasteiger partial charge in [0.15, 0.2) is 5.78 Å². The number of Topliss-reactive ketones (excluding diaryl/α,β-unsaturated/α-hetero) is 1. The molecule has 1 heterocycles. The first-order chi connectivity index (χ1) is 11.0. The van der Waals surface area contributed by atoms with Crippen molar-refractivity contribution in [1.82, 2.24) is 10.5 Å². The van der Waals surface area contributed by atoms with E-state index in [-0.39, 0.29) is 30.3 Å². The number of carbonyl (C=O) groups excluding carboxylic acids is 2. The van der Waals surface area contributed by atoms with Gasteiger partial charge in [0.05, 0.1) is 5.69 Å². The maximum atomic E-state index is 12.8. The van der Waals surface area contributed by atoms with Crippen LogP contribution < -0.4 is 5.32 Å². The highest BCUT2D eigenvalue weighted by atomic mass is 19.1. The minimum Gasteiger partial charge on any atom is -0.361 e. The molecule has 0 spiro atoms. The summed E-state index contributed by atoms with van der Waals surface area (Å²) in [5.41, 5.74) is 1.27. The Morgan fingerprint density at radius 3 is 2.61 bits per heavy atom. The van der Waals surface area contributed by atoms with Crippen molar-refractivity contribution in [1.29, 1.82) is 0 Å². The normalized spacial score (nSPS) is 10.5. The second-order valence-electron chi connectivity index (χ2n) is 5.31. The predicted octanol–water partition coefficient (Wildman–Crippen LogP) is 2.83. The molecule has 6 heteroatoms. The van der Waals surface area contributed by atoms with Gasteiger partial charge in [-0.05, 0) is 37.6 Å². The molecule has 0 aliphatic carbocycles. The lowest BCUT2D eigenvalue weighted by Gasteiger charge is -2.04.